The maximum Gasteiger partial charge on any atom is 0.343 e. The Kier molecular flexibility index (Phi) is 5.83. The van der Waals surface area contributed by atoms with Crippen molar-refractivity contribution in [1.29, 1.82) is 0 Å². The molecule has 1 N–H and O–H groups in total. The number of esters is 1. The van der Waals surface area contributed by atoms with Crippen LogP contribution in [0, 0.1) is 6.92 Å². The molecule has 0 aliphatic heterocycles. The van der Waals surface area contributed by atoms with Gasteiger partial charge in [0.2, 0.25) is 0 Å². The number of furan rings is 1. The van der Waals surface area contributed by atoms with Gasteiger partial charge in [0, 0.05) is 0 Å². The molecule has 0 atom stereocenters. The van der Waals surface area contributed by atoms with Crippen molar-refractivity contribution in [3.05, 3.63) is 87.8 Å². The highest BCUT2D eigenvalue weighted by molar-refractivity contribution is 9.10. The fourth-order valence-corrected chi connectivity index (χ4v) is 2.55. The van der Waals surface area contributed by atoms with Crippen LogP contribution in [0.5, 0.6) is 5.75 Å². The van der Waals surface area contributed by atoms with Gasteiger partial charge in [0.25, 0.3) is 0 Å². The molecule has 1 heterocycles. The van der Waals surface area contributed by atoms with Gasteiger partial charge >= 0.3 is 11.9 Å². The molecule has 2 aromatic carbocycles. The first-order valence-electron chi connectivity index (χ1n) is 7.99. The quantitative estimate of drug-likeness (QED) is 0.285. The van der Waals surface area contributed by atoms with E-state index in [0.29, 0.717) is 16.0 Å². The first kappa shape index (κ1) is 18.6. The standard InChI is InChI=1S/C20H15BrN2O4/c1-13-4-2-3-5-16(13)20(25)26-15-8-6-14(7-9-15)12-22-23-19(24)17-10-11-18(21)27-17/h2-12H,1H3,(H,23,24)/b22-12+. The van der Waals surface area contributed by atoms with Crippen LogP contribution in [0.1, 0.15) is 32.0 Å². The van der Waals surface area contributed by atoms with Crippen molar-refractivity contribution in [2.24, 2.45) is 5.10 Å². The highest BCUT2D eigenvalue weighted by atomic mass is 79.9. The molecule has 0 bridgehead atoms. The number of amides is 1. The first-order valence-corrected chi connectivity index (χ1v) is 8.79. The van der Waals surface area contributed by atoms with E-state index in [2.05, 4.69) is 26.5 Å². The number of ether oxygens (including phenoxy) is 1. The van der Waals surface area contributed by atoms with E-state index in [1.54, 1.807) is 42.5 Å². The predicted octanol–water partition coefficient (Wildman–Crippen LogP) is 4.33. The number of aryl methyl sites for hydroxylation is 1. The molecule has 27 heavy (non-hydrogen) atoms. The van der Waals surface area contributed by atoms with E-state index in [9.17, 15) is 9.59 Å². The van der Waals surface area contributed by atoms with Gasteiger partial charge in [0.1, 0.15) is 5.75 Å². The van der Waals surface area contributed by atoms with Crippen LogP contribution in [0.3, 0.4) is 0 Å². The van der Waals surface area contributed by atoms with E-state index in [1.807, 2.05) is 19.1 Å². The van der Waals surface area contributed by atoms with Crippen molar-refractivity contribution in [2.45, 2.75) is 6.92 Å². The number of nitrogens with one attached hydrogen (secondary N) is 1. The first-order chi connectivity index (χ1) is 13.0. The zero-order chi connectivity index (χ0) is 19.2. The van der Waals surface area contributed by atoms with Gasteiger partial charge in [-0.05, 0) is 76.4 Å². The van der Waals surface area contributed by atoms with Crippen molar-refractivity contribution in [1.82, 2.24) is 5.43 Å². The normalized spacial score (nSPS) is 10.7. The number of hydrazone groups is 1. The van der Waals surface area contributed by atoms with Crippen LogP contribution < -0.4 is 10.2 Å². The lowest BCUT2D eigenvalue weighted by atomic mass is 10.1. The van der Waals surface area contributed by atoms with Crippen molar-refractivity contribution >= 4 is 34.0 Å². The molecule has 0 aliphatic carbocycles. The van der Waals surface area contributed by atoms with Crippen LogP contribution in [-0.2, 0) is 0 Å². The van der Waals surface area contributed by atoms with E-state index >= 15 is 0 Å². The topological polar surface area (TPSA) is 80.9 Å². The Hall–Kier alpha value is -3.19. The van der Waals surface area contributed by atoms with Gasteiger partial charge in [0.05, 0.1) is 11.8 Å². The average molecular weight is 427 g/mol. The third-order valence-corrected chi connectivity index (χ3v) is 4.06. The number of hydrogen-bond donors (Lipinski definition) is 1. The largest absolute Gasteiger partial charge is 0.444 e. The van der Waals surface area contributed by atoms with Crippen molar-refractivity contribution in [3.8, 4) is 5.75 Å². The van der Waals surface area contributed by atoms with Crippen LogP contribution in [-0.4, -0.2) is 18.1 Å². The van der Waals surface area contributed by atoms with Gasteiger partial charge in [-0.25, -0.2) is 10.2 Å². The number of benzene rings is 2. The average Bonchev–Trinajstić information content (AvgIpc) is 3.10. The van der Waals surface area contributed by atoms with Gasteiger partial charge in [-0.2, -0.15) is 5.10 Å². The monoisotopic (exact) mass is 426 g/mol. The minimum Gasteiger partial charge on any atom is -0.444 e. The molecule has 0 radical (unpaired) electrons. The maximum absolute atomic E-state index is 12.2. The summed E-state index contributed by atoms with van der Waals surface area (Å²) in [4.78, 5) is 24.0. The third kappa shape index (κ3) is 4.92. The zero-order valence-corrected chi connectivity index (χ0v) is 15.9. The highest BCUT2D eigenvalue weighted by Gasteiger charge is 2.11. The maximum atomic E-state index is 12.2. The second-order valence-corrected chi connectivity index (χ2v) is 6.36. The molecule has 3 rings (SSSR count). The SMILES string of the molecule is Cc1ccccc1C(=O)Oc1ccc(/C=N/NC(=O)c2ccc(Br)o2)cc1. The lowest BCUT2D eigenvalue weighted by Gasteiger charge is -2.06. The lowest BCUT2D eigenvalue weighted by molar-refractivity contribution is 0.0733. The minimum atomic E-state index is -0.458. The highest BCUT2D eigenvalue weighted by Crippen LogP contribution is 2.16. The molecule has 0 fully saturated rings. The summed E-state index contributed by atoms with van der Waals surface area (Å²) >= 11 is 3.13. The summed E-state index contributed by atoms with van der Waals surface area (Å²) < 4.78 is 11.0. The predicted molar refractivity (Wildman–Crippen MR) is 104 cm³/mol. The summed E-state index contributed by atoms with van der Waals surface area (Å²) in [6.07, 6.45) is 1.48. The Morgan fingerprint density at radius 3 is 2.48 bits per heavy atom. The Bertz CT molecular complexity index is 993. The molecule has 0 unspecified atom stereocenters. The third-order valence-electron chi connectivity index (χ3n) is 3.63. The molecule has 0 aliphatic rings. The molecule has 136 valence electrons. The van der Waals surface area contributed by atoms with Crippen LogP contribution >= 0.6 is 15.9 Å². The summed E-state index contributed by atoms with van der Waals surface area (Å²) in [5.41, 5.74) is 4.47. The second kappa shape index (κ2) is 8.46. The number of nitrogens with zero attached hydrogens (tertiary/aromatic N) is 1. The van der Waals surface area contributed by atoms with E-state index < -0.39 is 11.9 Å². The summed E-state index contributed by atoms with van der Waals surface area (Å²) in [5, 5.41) is 3.87. The Balaban J connectivity index is 1.58. The number of carbonyl (C=O) groups is 2. The summed E-state index contributed by atoms with van der Waals surface area (Å²) in [7, 11) is 0. The molecule has 0 spiro atoms. The van der Waals surface area contributed by atoms with Gasteiger partial charge in [-0.15, -0.1) is 0 Å². The molecule has 1 aromatic heterocycles. The van der Waals surface area contributed by atoms with Crippen LogP contribution in [0.25, 0.3) is 0 Å². The number of rotatable bonds is 5. The molecule has 0 saturated carbocycles. The summed E-state index contributed by atoms with van der Waals surface area (Å²) in [5.74, 6) is -0.297. The molecule has 0 saturated heterocycles. The molecule has 6 nitrogen and oxygen atoms in total. The minimum absolute atomic E-state index is 0.150. The Morgan fingerprint density at radius 1 is 1.07 bits per heavy atom. The lowest BCUT2D eigenvalue weighted by Crippen LogP contribution is -2.16. The smallest absolute Gasteiger partial charge is 0.343 e. The number of hydrogen-bond acceptors (Lipinski definition) is 5. The number of halogens is 1. The fraction of sp³-hybridized carbons (Fsp3) is 0.0500. The second-order valence-electron chi connectivity index (χ2n) is 5.58. The molecule has 7 heteroatoms. The van der Waals surface area contributed by atoms with Gasteiger partial charge in [0.15, 0.2) is 10.4 Å². The van der Waals surface area contributed by atoms with E-state index in [-0.39, 0.29) is 5.76 Å². The summed E-state index contributed by atoms with van der Waals surface area (Å²) in [6.45, 7) is 1.85. The number of carbonyl (C=O) groups excluding carboxylic acids is 2. The van der Waals surface area contributed by atoms with Gasteiger partial charge in [-0.3, -0.25) is 4.79 Å². The van der Waals surface area contributed by atoms with E-state index in [1.165, 1.54) is 12.3 Å². The molecular weight excluding hydrogens is 412 g/mol. The van der Waals surface area contributed by atoms with E-state index in [4.69, 9.17) is 9.15 Å². The van der Waals surface area contributed by atoms with Crippen LogP contribution in [0.2, 0.25) is 0 Å². The molecule has 1 amide bonds. The van der Waals surface area contributed by atoms with Gasteiger partial charge in [-0.1, -0.05) is 18.2 Å². The zero-order valence-electron chi connectivity index (χ0n) is 14.3. The molecular formula is C20H15BrN2O4. The van der Waals surface area contributed by atoms with Crippen molar-refractivity contribution in [3.63, 3.8) is 0 Å². The Labute approximate surface area is 164 Å². The fourth-order valence-electron chi connectivity index (χ4n) is 2.24. The van der Waals surface area contributed by atoms with Crippen molar-refractivity contribution < 1.29 is 18.7 Å². The van der Waals surface area contributed by atoms with Crippen LogP contribution in [0.4, 0.5) is 0 Å². The Morgan fingerprint density at radius 2 is 1.81 bits per heavy atom. The van der Waals surface area contributed by atoms with Crippen LogP contribution in [0.15, 0.2) is 74.9 Å². The molecule has 3 aromatic rings. The van der Waals surface area contributed by atoms with Crippen molar-refractivity contribution in [2.75, 3.05) is 0 Å². The van der Waals surface area contributed by atoms with Gasteiger partial charge < -0.3 is 9.15 Å². The summed E-state index contributed by atoms with van der Waals surface area (Å²) in [6, 6.07) is 17.1. The van der Waals surface area contributed by atoms with E-state index in [0.717, 1.165) is 11.1 Å².